The Hall–Kier alpha value is -0.660. The van der Waals surface area contributed by atoms with E-state index in [1.165, 1.54) is 0 Å². The molecule has 0 rings (SSSR count). The molecule has 0 atom stereocenters. The van der Waals surface area contributed by atoms with Crippen molar-refractivity contribution in [3.63, 3.8) is 0 Å². The van der Waals surface area contributed by atoms with E-state index in [1.54, 1.807) is 6.92 Å². The number of Topliss-reactive ketones (excluding diaryl/α,β-unsaturated/α-hetero) is 1. The molecule has 0 radical (unpaired) electrons. The molecule has 7 heavy (non-hydrogen) atoms. The van der Waals surface area contributed by atoms with Crippen LogP contribution in [0, 0.1) is 0 Å². The van der Waals surface area contributed by atoms with Crippen LogP contribution in [0.4, 0.5) is 0 Å². The predicted octanol–water partition coefficient (Wildman–Crippen LogP) is 0.554. The van der Waals surface area contributed by atoms with E-state index in [4.69, 9.17) is 1.37 Å². The zero-order valence-corrected chi connectivity index (χ0v) is 4.23. The molecular weight excluding hydrogens is 92.1 g/mol. The quantitative estimate of drug-likeness (QED) is 0.384. The maximum atomic E-state index is 10.3. The maximum absolute atomic E-state index is 10.3. The molecule has 0 saturated carbocycles. The normalized spacial score (nSPS) is 10.1. The van der Waals surface area contributed by atoms with Crippen molar-refractivity contribution in [2.24, 2.45) is 0 Å². The van der Waals surface area contributed by atoms with E-state index in [2.05, 4.69) is 0 Å². The molecule has 0 bridgehead atoms. The summed E-state index contributed by atoms with van der Waals surface area (Å²) in [5, 5.41) is 0. The van der Waals surface area contributed by atoms with Crippen molar-refractivity contribution < 1.29 is 11.0 Å². The van der Waals surface area contributed by atoms with Crippen LogP contribution in [0.1, 0.15) is 21.1 Å². The molecule has 2 nitrogen and oxygen atoms in total. The molecule has 0 aromatic heterocycles. The Morgan fingerprint density at radius 1 is 2.00 bits per heavy atom. The molecule has 0 unspecified atom stereocenters. The highest BCUT2D eigenvalue weighted by Crippen LogP contribution is 1.81. The molecule has 2 heteroatoms. The number of ketones is 1. The van der Waals surface area contributed by atoms with Crippen LogP contribution in [-0.4, -0.2) is 12.0 Å². The van der Waals surface area contributed by atoms with E-state index in [0.29, 0.717) is 6.42 Å². The molecular formula is C5H8O2. The molecule has 0 aliphatic rings. The Morgan fingerprint density at radius 3 is 2.71 bits per heavy atom. The van der Waals surface area contributed by atoms with Crippen molar-refractivity contribution >= 4 is 12.0 Å². The highest BCUT2D eigenvalue weighted by molar-refractivity contribution is 5.89. The van der Waals surface area contributed by atoms with Crippen molar-refractivity contribution in [3.8, 4) is 0 Å². The SMILES string of the molecule is [2H]C(=O)CC(=O)CC. The van der Waals surface area contributed by atoms with Crippen LogP contribution < -0.4 is 0 Å². The van der Waals surface area contributed by atoms with Crippen molar-refractivity contribution in [2.45, 2.75) is 19.8 Å². The van der Waals surface area contributed by atoms with Gasteiger partial charge in [-0.15, -0.1) is 0 Å². The van der Waals surface area contributed by atoms with Gasteiger partial charge in [0.15, 0.2) is 0 Å². The van der Waals surface area contributed by atoms with Gasteiger partial charge >= 0.3 is 0 Å². The van der Waals surface area contributed by atoms with Gasteiger partial charge in [0.25, 0.3) is 0 Å². The highest BCUT2D eigenvalue weighted by Gasteiger charge is 1.91. The van der Waals surface area contributed by atoms with E-state index >= 15 is 0 Å². The first-order chi connectivity index (χ1) is 3.66. The fraction of sp³-hybridized carbons (Fsp3) is 0.600. The lowest BCUT2D eigenvalue weighted by atomic mass is 10.2. The summed E-state index contributed by atoms with van der Waals surface area (Å²) < 4.78 is 6.35. The predicted molar refractivity (Wildman–Crippen MR) is 26.0 cm³/mol. The number of hydrogen-bond acceptors (Lipinski definition) is 2. The molecule has 0 spiro atoms. The van der Waals surface area contributed by atoms with E-state index in [0.717, 1.165) is 0 Å². The standard InChI is InChI=1S/C5H8O2/c1-2-5(7)3-4-6/h4H,2-3H2,1H3/i4D. The third-order valence-electron chi connectivity index (χ3n) is 0.664. The third-order valence-corrected chi connectivity index (χ3v) is 0.664. The fourth-order valence-corrected chi connectivity index (χ4v) is 0.205. The van der Waals surface area contributed by atoms with Gasteiger partial charge in [0.05, 0.1) is 6.42 Å². The van der Waals surface area contributed by atoms with Crippen LogP contribution in [0.15, 0.2) is 0 Å². The summed E-state index contributed by atoms with van der Waals surface area (Å²) in [6.07, 6.45) is -0.668. The Labute approximate surface area is 43.9 Å². The van der Waals surface area contributed by atoms with Crippen LogP contribution in [0.3, 0.4) is 0 Å². The molecule has 0 aliphatic carbocycles. The molecule has 0 aliphatic heterocycles. The van der Waals surface area contributed by atoms with Crippen LogP contribution in [-0.2, 0) is 9.59 Å². The van der Waals surface area contributed by atoms with E-state index < -0.39 is 6.26 Å². The lowest BCUT2D eigenvalue weighted by Gasteiger charge is -1.80. The van der Waals surface area contributed by atoms with Gasteiger partial charge in [-0.2, -0.15) is 0 Å². The lowest BCUT2D eigenvalue weighted by molar-refractivity contribution is -0.122. The largest absolute Gasteiger partial charge is 0.303 e. The second-order valence-electron chi connectivity index (χ2n) is 1.21. The van der Waals surface area contributed by atoms with Gasteiger partial charge in [0.1, 0.15) is 13.4 Å². The minimum Gasteiger partial charge on any atom is -0.303 e. The van der Waals surface area contributed by atoms with Gasteiger partial charge < -0.3 is 4.79 Å². The summed E-state index contributed by atoms with van der Waals surface area (Å²) >= 11 is 0. The minimum atomic E-state index is -0.795. The number of rotatable bonds is 3. The first-order valence-corrected chi connectivity index (χ1v) is 2.18. The monoisotopic (exact) mass is 101 g/mol. The zero-order valence-electron chi connectivity index (χ0n) is 5.23. The van der Waals surface area contributed by atoms with E-state index in [1.807, 2.05) is 0 Å². The summed E-state index contributed by atoms with van der Waals surface area (Å²) in [5.41, 5.74) is 0. The average molecular weight is 101 g/mol. The van der Waals surface area contributed by atoms with Crippen LogP contribution in [0.5, 0.6) is 0 Å². The Morgan fingerprint density at radius 2 is 2.57 bits per heavy atom. The zero-order chi connectivity index (χ0) is 6.57. The molecule has 0 aromatic rings. The molecule has 0 aromatic carbocycles. The number of carbonyl (C=O) groups is 2. The Balaban J connectivity index is 3.40. The summed E-state index contributed by atoms with van der Waals surface area (Å²) in [6, 6.07) is 0. The van der Waals surface area contributed by atoms with Crippen molar-refractivity contribution in [2.75, 3.05) is 0 Å². The topological polar surface area (TPSA) is 34.1 Å². The second kappa shape index (κ2) is 3.53. The van der Waals surface area contributed by atoms with Crippen LogP contribution in [0.25, 0.3) is 0 Å². The molecule has 0 saturated heterocycles. The summed E-state index contributed by atoms with van der Waals surface area (Å²) in [6.45, 7) is 1.67. The number of hydrogen-bond donors (Lipinski definition) is 0. The first kappa shape index (κ1) is 4.50. The fourth-order valence-electron chi connectivity index (χ4n) is 0.205. The smallest absolute Gasteiger partial charge is 0.139 e. The van der Waals surface area contributed by atoms with E-state index in [9.17, 15) is 9.59 Å². The molecule has 0 amide bonds. The van der Waals surface area contributed by atoms with Crippen molar-refractivity contribution in [1.82, 2.24) is 0 Å². The number of carbonyl (C=O) groups excluding carboxylic acids is 2. The van der Waals surface area contributed by atoms with Gasteiger partial charge in [0, 0.05) is 6.42 Å². The maximum Gasteiger partial charge on any atom is 0.139 e. The van der Waals surface area contributed by atoms with Gasteiger partial charge in [-0.3, -0.25) is 4.79 Å². The third kappa shape index (κ3) is 3.16. The molecule has 0 N–H and O–H groups in total. The second-order valence-corrected chi connectivity index (χ2v) is 1.21. The van der Waals surface area contributed by atoms with Gasteiger partial charge in [-0.05, 0) is 0 Å². The molecule has 0 fully saturated rings. The minimum absolute atomic E-state index is 0.162. The summed E-state index contributed by atoms with van der Waals surface area (Å²) in [7, 11) is 0. The van der Waals surface area contributed by atoms with Crippen molar-refractivity contribution in [3.05, 3.63) is 0 Å². The summed E-state index contributed by atoms with van der Waals surface area (Å²) in [5.74, 6) is -0.162. The van der Waals surface area contributed by atoms with Gasteiger partial charge in [0.2, 0.25) is 0 Å². The average Bonchev–Trinajstić information content (AvgIpc) is 1.65. The van der Waals surface area contributed by atoms with Gasteiger partial charge in [-0.1, -0.05) is 6.92 Å². The Kier molecular flexibility index (Phi) is 2.27. The van der Waals surface area contributed by atoms with Crippen LogP contribution in [0.2, 0.25) is 0 Å². The number of aldehydes is 1. The first-order valence-electron chi connectivity index (χ1n) is 2.68. The van der Waals surface area contributed by atoms with E-state index in [-0.39, 0.29) is 12.2 Å². The molecule has 0 heterocycles. The van der Waals surface area contributed by atoms with Crippen molar-refractivity contribution in [1.29, 1.82) is 0 Å². The van der Waals surface area contributed by atoms with Crippen LogP contribution >= 0.6 is 0 Å². The lowest BCUT2D eigenvalue weighted by Crippen LogP contribution is -1.93. The molecule has 40 valence electrons. The summed E-state index contributed by atoms with van der Waals surface area (Å²) in [4.78, 5) is 20.1. The highest BCUT2D eigenvalue weighted by atomic mass is 16.1. The van der Waals surface area contributed by atoms with Gasteiger partial charge in [-0.25, -0.2) is 0 Å². The Bertz CT molecular complexity index is 109.